The van der Waals surface area contributed by atoms with Crippen LogP contribution in [0.4, 0.5) is 0 Å². The summed E-state index contributed by atoms with van der Waals surface area (Å²) < 4.78 is 5.53. The van der Waals surface area contributed by atoms with Crippen LogP contribution in [-0.2, 0) is 9.53 Å². The lowest BCUT2D eigenvalue weighted by Gasteiger charge is -2.28. The third-order valence-electron chi connectivity index (χ3n) is 4.17. The van der Waals surface area contributed by atoms with Crippen LogP contribution in [0.2, 0.25) is 0 Å². The molecule has 0 bridgehead atoms. The molecule has 100 valence electrons. The van der Waals surface area contributed by atoms with E-state index in [0.29, 0.717) is 12.8 Å². The molecule has 0 unspecified atom stereocenters. The van der Waals surface area contributed by atoms with E-state index in [1.54, 1.807) is 0 Å². The Kier molecular flexibility index (Phi) is 4.60. The van der Waals surface area contributed by atoms with Gasteiger partial charge < -0.3 is 9.84 Å². The Bertz CT molecular complexity index is 320. The van der Waals surface area contributed by atoms with E-state index in [0.717, 1.165) is 38.5 Å². The van der Waals surface area contributed by atoms with Crippen molar-refractivity contribution in [3.8, 4) is 6.07 Å². The average molecular weight is 251 g/mol. The van der Waals surface area contributed by atoms with Crippen molar-refractivity contribution in [2.24, 2.45) is 11.8 Å². The van der Waals surface area contributed by atoms with Crippen molar-refractivity contribution in [1.29, 1.82) is 5.26 Å². The maximum Gasteiger partial charge on any atom is 0.309 e. The Morgan fingerprint density at radius 2 is 1.67 bits per heavy atom. The summed E-state index contributed by atoms with van der Waals surface area (Å²) in [6.45, 7) is 0. The van der Waals surface area contributed by atoms with Crippen molar-refractivity contribution >= 4 is 5.97 Å². The fourth-order valence-electron chi connectivity index (χ4n) is 2.88. The third-order valence-corrected chi connectivity index (χ3v) is 4.17. The van der Waals surface area contributed by atoms with Crippen molar-refractivity contribution in [3.63, 3.8) is 0 Å². The van der Waals surface area contributed by atoms with Gasteiger partial charge in [-0.2, -0.15) is 5.26 Å². The molecule has 2 fully saturated rings. The molecule has 2 rings (SSSR count). The van der Waals surface area contributed by atoms with Gasteiger partial charge in [0, 0.05) is 5.92 Å². The van der Waals surface area contributed by atoms with E-state index in [1.807, 2.05) is 0 Å². The molecule has 0 aromatic heterocycles. The van der Waals surface area contributed by atoms with Gasteiger partial charge in [0.05, 0.1) is 18.1 Å². The van der Waals surface area contributed by atoms with Crippen LogP contribution < -0.4 is 0 Å². The molecule has 1 N–H and O–H groups in total. The summed E-state index contributed by atoms with van der Waals surface area (Å²) in [7, 11) is 0. The van der Waals surface area contributed by atoms with Gasteiger partial charge in [0.15, 0.2) is 0 Å². The maximum absolute atomic E-state index is 12.0. The zero-order chi connectivity index (χ0) is 13.0. The Balaban J connectivity index is 1.73. The molecule has 4 nitrogen and oxygen atoms in total. The topological polar surface area (TPSA) is 70.3 Å². The first-order valence-electron chi connectivity index (χ1n) is 6.97. The van der Waals surface area contributed by atoms with Gasteiger partial charge in [-0.05, 0) is 51.4 Å². The smallest absolute Gasteiger partial charge is 0.309 e. The lowest BCUT2D eigenvalue weighted by atomic mass is 9.86. The predicted octanol–water partition coefficient (Wildman–Crippen LogP) is 2.16. The molecule has 2 aliphatic carbocycles. The zero-order valence-electron chi connectivity index (χ0n) is 10.7. The predicted molar refractivity (Wildman–Crippen MR) is 65.4 cm³/mol. The minimum atomic E-state index is -0.236. The highest BCUT2D eigenvalue weighted by molar-refractivity contribution is 5.72. The molecular formula is C14H21NO3. The van der Waals surface area contributed by atoms with Gasteiger partial charge >= 0.3 is 5.97 Å². The van der Waals surface area contributed by atoms with Gasteiger partial charge in [0.1, 0.15) is 6.10 Å². The van der Waals surface area contributed by atoms with Crippen molar-refractivity contribution < 1.29 is 14.6 Å². The van der Waals surface area contributed by atoms with E-state index in [1.165, 1.54) is 0 Å². The molecule has 0 radical (unpaired) electrons. The van der Waals surface area contributed by atoms with Crippen LogP contribution in [0.15, 0.2) is 0 Å². The number of carbonyl (C=O) groups is 1. The molecule has 0 aromatic rings. The van der Waals surface area contributed by atoms with E-state index in [-0.39, 0.29) is 30.0 Å². The molecule has 0 atom stereocenters. The quantitative estimate of drug-likeness (QED) is 0.763. The van der Waals surface area contributed by atoms with E-state index >= 15 is 0 Å². The van der Waals surface area contributed by atoms with Gasteiger partial charge in [-0.25, -0.2) is 0 Å². The first-order valence-corrected chi connectivity index (χ1v) is 6.97. The summed E-state index contributed by atoms with van der Waals surface area (Å²) in [5, 5.41) is 18.2. The number of hydrogen-bond acceptors (Lipinski definition) is 4. The molecule has 0 aliphatic heterocycles. The minimum absolute atomic E-state index is 0.00829. The summed E-state index contributed by atoms with van der Waals surface area (Å²) in [5.74, 6) is 0.0224. The second-order valence-corrected chi connectivity index (χ2v) is 5.55. The normalized spacial score (nSPS) is 36.7. The fourth-order valence-corrected chi connectivity index (χ4v) is 2.88. The highest BCUT2D eigenvalue weighted by Crippen LogP contribution is 2.29. The van der Waals surface area contributed by atoms with Gasteiger partial charge in [0.25, 0.3) is 0 Å². The number of nitriles is 1. The van der Waals surface area contributed by atoms with Crippen LogP contribution in [0, 0.1) is 23.2 Å². The summed E-state index contributed by atoms with van der Waals surface area (Å²) in [6.07, 6.45) is 6.01. The van der Waals surface area contributed by atoms with Crippen molar-refractivity contribution in [1.82, 2.24) is 0 Å². The molecule has 0 spiro atoms. The summed E-state index contributed by atoms with van der Waals surface area (Å²) >= 11 is 0. The molecule has 0 amide bonds. The number of rotatable bonds is 2. The van der Waals surface area contributed by atoms with Crippen molar-refractivity contribution in [3.05, 3.63) is 0 Å². The van der Waals surface area contributed by atoms with Gasteiger partial charge in [-0.15, -0.1) is 0 Å². The van der Waals surface area contributed by atoms with Crippen LogP contribution in [0.5, 0.6) is 0 Å². The van der Waals surface area contributed by atoms with Crippen LogP contribution in [0.3, 0.4) is 0 Å². The number of aliphatic hydroxyl groups is 1. The average Bonchev–Trinajstić information content (AvgIpc) is 2.40. The number of aliphatic hydroxyl groups excluding tert-OH is 1. The summed E-state index contributed by atoms with van der Waals surface area (Å²) in [5.41, 5.74) is 0. The summed E-state index contributed by atoms with van der Waals surface area (Å²) in [6, 6.07) is 2.28. The summed E-state index contributed by atoms with van der Waals surface area (Å²) in [4.78, 5) is 12.0. The van der Waals surface area contributed by atoms with E-state index in [2.05, 4.69) is 6.07 Å². The molecule has 4 heteroatoms. The molecule has 2 aliphatic rings. The van der Waals surface area contributed by atoms with Crippen LogP contribution in [0.25, 0.3) is 0 Å². The molecule has 0 heterocycles. The molecule has 0 saturated heterocycles. The maximum atomic E-state index is 12.0. The van der Waals surface area contributed by atoms with Gasteiger partial charge in [-0.3, -0.25) is 4.79 Å². The Morgan fingerprint density at radius 3 is 2.22 bits per heavy atom. The zero-order valence-corrected chi connectivity index (χ0v) is 10.7. The minimum Gasteiger partial charge on any atom is -0.462 e. The Labute approximate surface area is 108 Å². The van der Waals surface area contributed by atoms with Gasteiger partial charge in [0.2, 0.25) is 0 Å². The first kappa shape index (κ1) is 13.4. The van der Waals surface area contributed by atoms with E-state index in [4.69, 9.17) is 10.00 Å². The number of nitrogens with zero attached hydrogens (tertiary/aromatic N) is 1. The number of esters is 1. The Hall–Kier alpha value is -1.08. The number of ether oxygens (including phenoxy) is 1. The standard InChI is InChI=1S/C14H21NO3/c15-9-10-1-7-13(8-2-10)18-14(17)11-3-5-12(16)6-4-11/h10-13,16H,1-8H2. The van der Waals surface area contributed by atoms with Crippen molar-refractivity contribution in [2.45, 2.75) is 63.6 Å². The van der Waals surface area contributed by atoms with Crippen LogP contribution in [-0.4, -0.2) is 23.3 Å². The second-order valence-electron chi connectivity index (χ2n) is 5.55. The van der Waals surface area contributed by atoms with Crippen LogP contribution >= 0.6 is 0 Å². The van der Waals surface area contributed by atoms with E-state index in [9.17, 15) is 9.90 Å². The second kappa shape index (κ2) is 6.19. The SMILES string of the molecule is N#CC1CCC(OC(=O)C2CCC(O)CC2)CC1. The first-order chi connectivity index (χ1) is 8.69. The molecular weight excluding hydrogens is 230 g/mol. The number of hydrogen-bond donors (Lipinski definition) is 1. The highest BCUT2D eigenvalue weighted by Gasteiger charge is 2.30. The van der Waals surface area contributed by atoms with Crippen LogP contribution in [0.1, 0.15) is 51.4 Å². The molecule has 18 heavy (non-hydrogen) atoms. The fraction of sp³-hybridized carbons (Fsp3) is 0.857. The lowest BCUT2D eigenvalue weighted by molar-refractivity contribution is -0.157. The third kappa shape index (κ3) is 3.46. The largest absolute Gasteiger partial charge is 0.462 e. The molecule has 2 saturated carbocycles. The van der Waals surface area contributed by atoms with E-state index < -0.39 is 0 Å². The van der Waals surface area contributed by atoms with Crippen molar-refractivity contribution in [2.75, 3.05) is 0 Å². The Morgan fingerprint density at radius 1 is 1.06 bits per heavy atom. The molecule has 0 aromatic carbocycles. The highest BCUT2D eigenvalue weighted by atomic mass is 16.5. The van der Waals surface area contributed by atoms with Gasteiger partial charge in [-0.1, -0.05) is 0 Å². The monoisotopic (exact) mass is 251 g/mol. The lowest BCUT2D eigenvalue weighted by Crippen LogP contribution is -2.30. The number of carbonyl (C=O) groups excluding carboxylic acids is 1.